The number of phenols is 1. The van der Waals surface area contributed by atoms with E-state index in [9.17, 15) is 9.59 Å². The maximum atomic E-state index is 11.7. The first kappa shape index (κ1) is 11.2. The Morgan fingerprint density at radius 3 is 2.47 bits per heavy atom. The quantitative estimate of drug-likeness (QED) is 0.369. The van der Waals surface area contributed by atoms with E-state index in [-0.39, 0.29) is 5.75 Å². The van der Waals surface area contributed by atoms with Crippen LogP contribution in [0.5, 0.6) is 5.75 Å². The minimum atomic E-state index is -1.43. The molecule has 0 saturated heterocycles. The maximum absolute atomic E-state index is 11.7. The van der Waals surface area contributed by atoms with Gasteiger partial charge >= 0.3 is 0 Å². The Hall–Kier alpha value is -1.88. The number of nitrogens with one attached hydrogen (secondary N) is 1. The number of benzene rings is 1. The van der Waals surface area contributed by atoms with E-state index < -0.39 is 11.4 Å². The van der Waals surface area contributed by atoms with Gasteiger partial charge in [-0.3, -0.25) is 9.59 Å². The second kappa shape index (κ2) is 4.10. The molecule has 1 amide bonds. The molecule has 0 spiro atoms. The lowest BCUT2D eigenvalue weighted by Crippen LogP contribution is -2.56. The largest absolute Gasteiger partial charge is 0.508 e. The third-order valence-electron chi connectivity index (χ3n) is 1.96. The van der Waals surface area contributed by atoms with Gasteiger partial charge in [0, 0.05) is 5.56 Å². The van der Waals surface area contributed by atoms with Crippen LogP contribution in [0.2, 0.25) is 0 Å². The first-order chi connectivity index (χ1) is 6.97. The molecule has 80 valence electrons. The van der Waals surface area contributed by atoms with Crippen molar-refractivity contribution < 1.29 is 14.7 Å². The van der Waals surface area contributed by atoms with E-state index in [0.29, 0.717) is 12.0 Å². The summed E-state index contributed by atoms with van der Waals surface area (Å²) in [5.74, 6) is -0.358. The normalized spacial score (nSPS) is 14.0. The highest BCUT2D eigenvalue weighted by molar-refractivity contribution is 6.03. The number of ketones is 1. The van der Waals surface area contributed by atoms with Gasteiger partial charge in [-0.1, -0.05) is 0 Å². The molecule has 1 unspecified atom stereocenters. The van der Waals surface area contributed by atoms with Crippen LogP contribution in [0.4, 0.5) is 0 Å². The lowest BCUT2D eigenvalue weighted by Gasteiger charge is -2.21. The van der Waals surface area contributed by atoms with Crippen molar-refractivity contribution >= 4 is 12.2 Å². The standard InChI is InChI=1S/C10H12N2O3/c1-10(11,12-6-13)9(15)7-2-4-8(14)5-3-7/h2-6,14H,11H2,1H3,(H,12,13). The third-order valence-corrected chi connectivity index (χ3v) is 1.96. The van der Waals surface area contributed by atoms with Gasteiger partial charge in [0.15, 0.2) is 0 Å². The van der Waals surface area contributed by atoms with Crippen molar-refractivity contribution in [1.29, 1.82) is 0 Å². The van der Waals surface area contributed by atoms with Crippen LogP contribution in [0.1, 0.15) is 17.3 Å². The Balaban J connectivity index is 2.94. The van der Waals surface area contributed by atoms with Gasteiger partial charge in [-0.2, -0.15) is 0 Å². The lowest BCUT2D eigenvalue weighted by atomic mass is 10.0. The van der Waals surface area contributed by atoms with Gasteiger partial charge in [0.1, 0.15) is 11.4 Å². The molecule has 0 heterocycles. The molecular formula is C10H12N2O3. The van der Waals surface area contributed by atoms with Crippen LogP contribution in [-0.2, 0) is 4.79 Å². The van der Waals surface area contributed by atoms with Crippen molar-refractivity contribution in [1.82, 2.24) is 5.32 Å². The van der Waals surface area contributed by atoms with E-state index in [0.717, 1.165) is 0 Å². The monoisotopic (exact) mass is 208 g/mol. The molecule has 0 aliphatic heterocycles. The van der Waals surface area contributed by atoms with Crippen molar-refractivity contribution in [3.63, 3.8) is 0 Å². The molecule has 1 rings (SSSR count). The minimum absolute atomic E-state index is 0.0635. The van der Waals surface area contributed by atoms with Gasteiger partial charge in [-0.05, 0) is 31.2 Å². The van der Waals surface area contributed by atoms with E-state index in [4.69, 9.17) is 10.8 Å². The van der Waals surface area contributed by atoms with Gasteiger partial charge in [0.2, 0.25) is 12.2 Å². The van der Waals surface area contributed by atoms with Crippen molar-refractivity contribution in [2.75, 3.05) is 0 Å². The number of nitrogens with two attached hydrogens (primary N) is 1. The molecule has 1 aromatic rings. The second-order valence-electron chi connectivity index (χ2n) is 3.34. The van der Waals surface area contributed by atoms with Gasteiger partial charge in [0.05, 0.1) is 0 Å². The Morgan fingerprint density at radius 2 is 2.00 bits per heavy atom. The lowest BCUT2D eigenvalue weighted by molar-refractivity contribution is -0.110. The molecule has 0 aliphatic carbocycles. The smallest absolute Gasteiger partial charge is 0.208 e. The Bertz CT molecular complexity index is 371. The van der Waals surface area contributed by atoms with Crippen molar-refractivity contribution in [3.05, 3.63) is 29.8 Å². The minimum Gasteiger partial charge on any atom is -0.508 e. The zero-order valence-electron chi connectivity index (χ0n) is 8.23. The number of phenolic OH excluding ortho intramolecular Hbond substituents is 1. The number of rotatable bonds is 4. The Morgan fingerprint density at radius 1 is 1.47 bits per heavy atom. The summed E-state index contributed by atoms with van der Waals surface area (Å²) in [6.45, 7) is 1.40. The van der Waals surface area contributed by atoms with Crippen molar-refractivity contribution in [3.8, 4) is 5.75 Å². The second-order valence-corrected chi connectivity index (χ2v) is 3.34. The predicted molar refractivity (Wildman–Crippen MR) is 54.2 cm³/mol. The fraction of sp³-hybridized carbons (Fsp3) is 0.200. The third kappa shape index (κ3) is 2.54. The van der Waals surface area contributed by atoms with Crippen LogP contribution in [0.25, 0.3) is 0 Å². The van der Waals surface area contributed by atoms with Gasteiger partial charge in [-0.25, -0.2) is 0 Å². The molecule has 0 radical (unpaired) electrons. The number of hydrogen-bond acceptors (Lipinski definition) is 4. The zero-order chi connectivity index (χ0) is 11.5. The summed E-state index contributed by atoms with van der Waals surface area (Å²) in [7, 11) is 0. The number of hydrogen-bond donors (Lipinski definition) is 3. The van der Waals surface area contributed by atoms with Crippen LogP contribution in [0, 0.1) is 0 Å². The van der Waals surface area contributed by atoms with Gasteiger partial charge < -0.3 is 16.2 Å². The molecule has 0 aliphatic rings. The molecule has 5 heteroatoms. The first-order valence-electron chi connectivity index (χ1n) is 4.31. The van der Waals surface area contributed by atoms with Crippen LogP contribution in [0.3, 0.4) is 0 Å². The van der Waals surface area contributed by atoms with Crippen LogP contribution < -0.4 is 11.1 Å². The van der Waals surface area contributed by atoms with E-state index in [1.165, 1.54) is 31.2 Å². The summed E-state index contributed by atoms with van der Waals surface area (Å²) in [4.78, 5) is 22.0. The Labute approximate surface area is 86.9 Å². The SMILES string of the molecule is CC(N)(NC=O)C(=O)c1ccc(O)cc1. The summed E-state index contributed by atoms with van der Waals surface area (Å²) < 4.78 is 0. The summed E-state index contributed by atoms with van der Waals surface area (Å²) in [6.07, 6.45) is 0.373. The number of amides is 1. The molecule has 1 aromatic carbocycles. The first-order valence-corrected chi connectivity index (χ1v) is 4.31. The number of carbonyl (C=O) groups excluding carboxylic acids is 2. The summed E-state index contributed by atoms with van der Waals surface area (Å²) in [5, 5.41) is 11.3. The highest BCUT2D eigenvalue weighted by Gasteiger charge is 2.28. The highest BCUT2D eigenvalue weighted by atomic mass is 16.3. The van der Waals surface area contributed by atoms with Crippen LogP contribution in [0.15, 0.2) is 24.3 Å². The van der Waals surface area contributed by atoms with E-state index in [1.807, 2.05) is 0 Å². The highest BCUT2D eigenvalue weighted by Crippen LogP contribution is 2.13. The number of carbonyl (C=O) groups is 2. The van der Waals surface area contributed by atoms with Crippen molar-refractivity contribution in [2.24, 2.45) is 5.73 Å². The van der Waals surface area contributed by atoms with E-state index >= 15 is 0 Å². The van der Waals surface area contributed by atoms with E-state index in [1.54, 1.807) is 0 Å². The molecule has 1 atom stereocenters. The average molecular weight is 208 g/mol. The van der Waals surface area contributed by atoms with E-state index in [2.05, 4.69) is 5.32 Å². The molecule has 0 saturated carbocycles. The number of aromatic hydroxyl groups is 1. The topological polar surface area (TPSA) is 92.4 Å². The molecule has 15 heavy (non-hydrogen) atoms. The molecule has 0 aromatic heterocycles. The molecule has 0 bridgehead atoms. The fourth-order valence-electron chi connectivity index (χ4n) is 1.10. The van der Waals surface area contributed by atoms with Crippen molar-refractivity contribution in [2.45, 2.75) is 12.6 Å². The number of Topliss-reactive ketones (excluding diaryl/α,β-unsaturated/α-hetero) is 1. The average Bonchev–Trinajstić information content (AvgIpc) is 2.18. The summed E-state index contributed by atoms with van der Waals surface area (Å²) in [5.41, 5.74) is 4.48. The Kier molecular flexibility index (Phi) is 3.06. The maximum Gasteiger partial charge on any atom is 0.208 e. The summed E-state index contributed by atoms with van der Waals surface area (Å²) in [6, 6.07) is 5.64. The zero-order valence-corrected chi connectivity index (χ0v) is 8.23. The fourth-order valence-corrected chi connectivity index (χ4v) is 1.10. The summed E-state index contributed by atoms with van der Waals surface area (Å²) >= 11 is 0. The molecule has 0 fully saturated rings. The van der Waals surface area contributed by atoms with Crippen LogP contribution in [-0.4, -0.2) is 23.0 Å². The molecule has 5 nitrogen and oxygen atoms in total. The molecule has 4 N–H and O–H groups in total. The molecular weight excluding hydrogens is 196 g/mol. The predicted octanol–water partition coefficient (Wildman–Crippen LogP) is -0.00420. The van der Waals surface area contributed by atoms with Gasteiger partial charge in [-0.15, -0.1) is 0 Å². The van der Waals surface area contributed by atoms with Crippen LogP contribution >= 0.6 is 0 Å². The van der Waals surface area contributed by atoms with Gasteiger partial charge in [0.25, 0.3) is 0 Å².